The Morgan fingerprint density at radius 2 is 2.14 bits per heavy atom. The van der Waals surface area contributed by atoms with Gasteiger partial charge in [0, 0.05) is 19.1 Å². The van der Waals surface area contributed by atoms with Gasteiger partial charge in [0.05, 0.1) is 25.0 Å². The standard InChI is InChI=1S/C14H22N2O4S/c1-3-15-21(18,19)14-7-5-4-6-13(14)16-8-12(9-17)20-10-11(16)2/h4-7,11-12,15,17H,3,8-10H2,1-2H3. The van der Waals surface area contributed by atoms with E-state index in [4.69, 9.17) is 4.74 Å². The van der Waals surface area contributed by atoms with Crippen LogP contribution in [-0.4, -0.2) is 52.0 Å². The van der Waals surface area contributed by atoms with Crippen LogP contribution in [0, 0.1) is 0 Å². The van der Waals surface area contributed by atoms with Crippen molar-refractivity contribution in [3.05, 3.63) is 24.3 Å². The minimum Gasteiger partial charge on any atom is -0.394 e. The molecule has 1 aliphatic heterocycles. The number of ether oxygens (including phenoxy) is 1. The van der Waals surface area contributed by atoms with Gasteiger partial charge in [0.15, 0.2) is 0 Å². The number of nitrogens with one attached hydrogen (secondary N) is 1. The summed E-state index contributed by atoms with van der Waals surface area (Å²) in [6, 6.07) is 6.97. The van der Waals surface area contributed by atoms with Crippen molar-refractivity contribution in [3.8, 4) is 0 Å². The molecule has 2 atom stereocenters. The number of anilines is 1. The molecule has 1 aliphatic rings. The van der Waals surface area contributed by atoms with Crippen LogP contribution in [0.4, 0.5) is 5.69 Å². The number of hydrogen-bond acceptors (Lipinski definition) is 5. The zero-order valence-electron chi connectivity index (χ0n) is 12.3. The molecule has 6 nitrogen and oxygen atoms in total. The fourth-order valence-electron chi connectivity index (χ4n) is 2.45. The molecule has 2 unspecified atom stereocenters. The lowest BCUT2D eigenvalue weighted by Gasteiger charge is -2.39. The van der Waals surface area contributed by atoms with Gasteiger partial charge in [0.1, 0.15) is 4.90 Å². The first-order valence-corrected chi connectivity index (χ1v) is 8.55. The maximum atomic E-state index is 12.3. The predicted octanol–water partition coefficient (Wildman–Crippen LogP) is 0.571. The van der Waals surface area contributed by atoms with Crippen molar-refractivity contribution < 1.29 is 18.3 Å². The summed E-state index contributed by atoms with van der Waals surface area (Å²) < 4.78 is 32.7. The predicted molar refractivity (Wildman–Crippen MR) is 80.9 cm³/mol. The highest BCUT2D eigenvalue weighted by atomic mass is 32.2. The van der Waals surface area contributed by atoms with Crippen LogP contribution < -0.4 is 9.62 Å². The first kappa shape index (κ1) is 16.2. The van der Waals surface area contributed by atoms with E-state index >= 15 is 0 Å². The summed E-state index contributed by atoms with van der Waals surface area (Å²) in [5.74, 6) is 0. The zero-order chi connectivity index (χ0) is 15.5. The molecule has 21 heavy (non-hydrogen) atoms. The van der Waals surface area contributed by atoms with Crippen LogP contribution >= 0.6 is 0 Å². The number of sulfonamides is 1. The lowest BCUT2D eigenvalue weighted by atomic mass is 10.1. The second kappa shape index (κ2) is 6.74. The van der Waals surface area contributed by atoms with Crippen molar-refractivity contribution in [3.63, 3.8) is 0 Å². The van der Waals surface area contributed by atoms with Gasteiger partial charge >= 0.3 is 0 Å². The van der Waals surface area contributed by atoms with E-state index in [2.05, 4.69) is 4.72 Å². The number of hydrogen-bond donors (Lipinski definition) is 2. The smallest absolute Gasteiger partial charge is 0.242 e. The van der Waals surface area contributed by atoms with Crippen molar-refractivity contribution in [2.75, 3.05) is 31.2 Å². The van der Waals surface area contributed by atoms with Gasteiger partial charge in [0.25, 0.3) is 0 Å². The molecule has 1 aromatic carbocycles. The molecule has 0 amide bonds. The molecule has 1 saturated heterocycles. The Hall–Kier alpha value is -1.15. The van der Waals surface area contributed by atoms with E-state index in [1.807, 2.05) is 17.9 Å². The average molecular weight is 314 g/mol. The van der Waals surface area contributed by atoms with E-state index in [0.717, 1.165) is 0 Å². The molecule has 0 aliphatic carbocycles. The topological polar surface area (TPSA) is 78.9 Å². The average Bonchev–Trinajstić information content (AvgIpc) is 2.48. The van der Waals surface area contributed by atoms with Gasteiger partial charge in [-0.15, -0.1) is 0 Å². The SMILES string of the molecule is CCNS(=O)(=O)c1ccccc1N1CC(CO)OCC1C. The van der Waals surface area contributed by atoms with Crippen molar-refractivity contribution in [2.24, 2.45) is 0 Å². The Morgan fingerprint density at radius 3 is 2.81 bits per heavy atom. The Labute approximate surface area is 125 Å². The highest BCUT2D eigenvalue weighted by molar-refractivity contribution is 7.89. The van der Waals surface area contributed by atoms with Gasteiger partial charge in [-0.3, -0.25) is 0 Å². The number of morpholine rings is 1. The highest BCUT2D eigenvalue weighted by Crippen LogP contribution is 2.28. The molecule has 7 heteroatoms. The third-order valence-corrected chi connectivity index (χ3v) is 5.10. The second-order valence-corrected chi connectivity index (χ2v) is 6.84. The van der Waals surface area contributed by atoms with Crippen LogP contribution in [0.1, 0.15) is 13.8 Å². The van der Waals surface area contributed by atoms with E-state index < -0.39 is 10.0 Å². The minimum atomic E-state index is -3.53. The Morgan fingerprint density at radius 1 is 1.43 bits per heavy atom. The third kappa shape index (κ3) is 3.55. The van der Waals surface area contributed by atoms with Crippen molar-refractivity contribution in [1.82, 2.24) is 4.72 Å². The number of benzene rings is 1. The molecule has 0 bridgehead atoms. The highest BCUT2D eigenvalue weighted by Gasteiger charge is 2.29. The third-order valence-electron chi connectivity index (χ3n) is 3.51. The number of rotatable bonds is 5. The molecule has 1 fully saturated rings. The molecular weight excluding hydrogens is 292 g/mol. The Kier molecular flexibility index (Phi) is 5.21. The van der Waals surface area contributed by atoms with Gasteiger partial charge in [-0.05, 0) is 19.1 Å². The normalized spacial score (nSPS) is 23.3. The number of nitrogens with zero attached hydrogens (tertiary/aromatic N) is 1. The van der Waals surface area contributed by atoms with Crippen LogP contribution in [0.15, 0.2) is 29.2 Å². The van der Waals surface area contributed by atoms with E-state index in [-0.39, 0.29) is 23.6 Å². The summed E-state index contributed by atoms with van der Waals surface area (Å²) in [4.78, 5) is 2.24. The molecule has 0 radical (unpaired) electrons. The largest absolute Gasteiger partial charge is 0.394 e. The molecule has 2 rings (SSSR count). The molecule has 118 valence electrons. The van der Waals surface area contributed by atoms with E-state index in [0.29, 0.717) is 25.4 Å². The maximum absolute atomic E-state index is 12.3. The molecule has 1 aromatic rings. The second-order valence-electron chi connectivity index (χ2n) is 5.11. The lowest BCUT2D eigenvalue weighted by molar-refractivity contribution is -0.0104. The summed E-state index contributed by atoms with van der Waals surface area (Å²) in [6.45, 7) is 4.92. The summed E-state index contributed by atoms with van der Waals surface area (Å²) in [5, 5.41) is 9.27. The fourth-order valence-corrected chi connectivity index (χ4v) is 3.71. The maximum Gasteiger partial charge on any atom is 0.242 e. The van der Waals surface area contributed by atoms with Crippen LogP contribution in [0.5, 0.6) is 0 Å². The first-order valence-electron chi connectivity index (χ1n) is 7.07. The molecule has 0 saturated carbocycles. The van der Waals surface area contributed by atoms with Crippen LogP contribution in [0.3, 0.4) is 0 Å². The molecule has 1 heterocycles. The van der Waals surface area contributed by atoms with Gasteiger partial charge in [-0.1, -0.05) is 19.1 Å². The van der Waals surface area contributed by atoms with Gasteiger partial charge in [0.2, 0.25) is 10.0 Å². The van der Waals surface area contributed by atoms with Crippen LogP contribution in [-0.2, 0) is 14.8 Å². The van der Waals surface area contributed by atoms with E-state index in [9.17, 15) is 13.5 Å². The zero-order valence-corrected chi connectivity index (χ0v) is 13.1. The number of aliphatic hydroxyl groups excluding tert-OH is 1. The summed E-state index contributed by atoms with van der Waals surface area (Å²) in [5.41, 5.74) is 0.646. The van der Waals surface area contributed by atoms with Gasteiger partial charge in [-0.2, -0.15) is 0 Å². The Balaban J connectivity index is 2.39. The quantitative estimate of drug-likeness (QED) is 0.831. The van der Waals surface area contributed by atoms with Crippen LogP contribution in [0.25, 0.3) is 0 Å². The van der Waals surface area contributed by atoms with Crippen molar-refractivity contribution in [2.45, 2.75) is 30.9 Å². The van der Waals surface area contributed by atoms with Crippen molar-refractivity contribution in [1.29, 1.82) is 0 Å². The fraction of sp³-hybridized carbons (Fsp3) is 0.571. The lowest BCUT2D eigenvalue weighted by Crippen LogP contribution is -2.50. The molecular formula is C14H22N2O4S. The molecule has 0 spiro atoms. The number of aliphatic hydroxyl groups is 1. The monoisotopic (exact) mass is 314 g/mol. The van der Waals surface area contributed by atoms with Crippen LogP contribution in [0.2, 0.25) is 0 Å². The van der Waals surface area contributed by atoms with Crippen molar-refractivity contribution >= 4 is 15.7 Å². The summed E-state index contributed by atoms with van der Waals surface area (Å²) in [7, 11) is -3.53. The van der Waals surface area contributed by atoms with Gasteiger partial charge in [-0.25, -0.2) is 13.1 Å². The summed E-state index contributed by atoms with van der Waals surface area (Å²) >= 11 is 0. The van der Waals surface area contributed by atoms with E-state index in [1.165, 1.54) is 0 Å². The summed E-state index contributed by atoms with van der Waals surface area (Å²) in [6.07, 6.45) is -0.295. The Bertz CT molecular complexity index is 576. The number of para-hydroxylation sites is 1. The molecule has 0 aromatic heterocycles. The first-order chi connectivity index (χ1) is 9.99. The van der Waals surface area contributed by atoms with E-state index in [1.54, 1.807) is 25.1 Å². The van der Waals surface area contributed by atoms with Gasteiger partial charge < -0.3 is 14.7 Å². The minimum absolute atomic E-state index is 0.0470. The molecule has 2 N–H and O–H groups in total.